The first-order valence-electron chi connectivity index (χ1n) is 9.48. The van der Waals surface area contributed by atoms with Crippen LogP contribution in [0.2, 0.25) is 0 Å². The number of aliphatic carboxylic acids is 1. The minimum atomic E-state index is -2.81. The summed E-state index contributed by atoms with van der Waals surface area (Å²) in [7, 11) is 0. The summed E-state index contributed by atoms with van der Waals surface area (Å²) in [5.41, 5.74) is 3.39. The number of benzene rings is 2. The summed E-state index contributed by atoms with van der Waals surface area (Å²) < 4.78 is 47.9. The van der Waals surface area contributed by atoms with Crippen LogP contribution in [0.5, 0.6) is 5.75 Å². The smallest absolute Gasteiger partial charge is 0.303 e. The Hall–Kier alpha value is -2.76. The zero-order valence-corrected chi connectivity index (χ0v) is 16.2. The molecule has 0 amide bonds. The molecule has 1 aliphatic carbocycles. The molecule has 0 aliphatic heterocycles. The van der Waals surface area contributed by atoms with Crippen molar-refractivity contribution in [3.8, 4) is 5.75 Å². The van der Waals surface area contributed by atoms with Gasteiger partial charge in [0.2, 0.25) is 0 Å². The fourth-order valence-corrected chi connectivity index (χ4v) is 3.60. The standard InChI is InChI=1S/C23H23F3O3/c1-15-9-21(20(24)11-17(15)7-8-22(27)28)29-14-19-13-23(25,26)12-18(19)10-16-5-3-2-4-6-16/h2-6,9,11H,7-8,10,12-14H2,1H3,(H,27,28). The van der Waals surface area contributed by atoms with Gasteiger partial charge in [0.1, 0.15) is 6.61 Å². The van der Waals surface area contributed by atoms with Crippen molar-refractivity contribution >= 4 is 5.97 Å². The minimum absolute atomic E-state index is 0.0108. The molecule has 0 bridgehead atoms. The second kappa shape index (κ2) is 8.72. The largest absolute Gasteiger partial charge is 0.486 e. The molecule has 6 heteroatoms. The summed E-state index contributed by atoms with van der Waals surface area (Å²) >= 11 is 0. The van der Waals surface area contributed by atoms with E-state index in [9.17, 15) is 18.0 Å². The Morgan fingerprint density at radius 3 is 2.52 bits per heavy atom. The maximum Gasteiger partial charge on any atom is 0.303 e. The molecule has 0 spiro atoms. The van der Waals surface area contributed by atoms with Gasteiger partial charge in [-0.2, -0.15) is 0 Å². The zero-order valence-electron chi connectivity index (χ0n) is 16.2. The van der Waals surface area contributed by atoms with E-state index < -0.39 is 17.7 Å². The predicted octanol–water partition coefficient (Wildman–Crippen LogP) is 5.50. The van der Waals surface area contributed by atoms with Crippen LogP contribution >= 0.6 is 0 Å². The molecule has 0 heterocycles. The lowest BCUT2D eigenvalue weighted by Crippen LogP contribution is -2.12. The number of carboxylic acids is 1. The fraction of sp³-hybridized carbons (Fsp3) is 0.348. The first kappa shape index (κ1) is 21.0. The maximum atomic E-state index is 14.4. The van der Waals surface area contributed by atoms with E-state index in [4.69, 9.17) is 9.84 Å². The van der Waals surface area contributed by atoms with Crippen molar-refractivity contribution in [3.05, 3.63) is 76.1 Å². The van der Waals surface area contributed by atoms with Gasteiger partial charge in [0, 0.05) is 19.3 Å². The van der Waals surface area contributed by atoms with Crippen LogP contribution in [0.4, 0.5) is 13.2 Å². The fourth-order valence-electron chi connectivity index (χ4n) is 3.60. The average Bonchev–Trinajstić information content (AvgIpc) is 2.95. The van der Waals surface area contributed by atoms with Gasteiger partial charge in [0.25, 0.3) is 5.92 Å². The van der Waals surface area contributed by atoms with Gasteiger partial charge in [-0.25, -0.2) is 13.2 Å². The summed E-state index contributed by atoms with van der Waals surface area (Å²) in [5.74, 6) is -4.39. The summed E-state index contributed by atoms with van der Waals surface area (Å²) in [5, 5.41) is 8.78. The molecule has 0 radical (unpaired) electrons. The molecular formula is C23H23F3O3. The number of hydrogen-bond acceptors (Lipinski definition) is 2. The van der Waals surface area contributed by atoms with E-state index in [-0.39, 0.29) is 38.0 Å². The molecule has 0 aromatic heterocycles. The lowest BCUT2D eigenvalue weighted by atomic mass is 10.0. The monoisotopic (exact) mass is 404 g/mol. The van der Waals surface area contributed by atoms with Crippen LogP contribution in [-0.4, -0.2) is 23.6 Å². The first-order valence-corrected chi connectivity index (χ1v) is 9.48. The van der Waals surface area contributed by atoms with Gasteiger partial charge in [-0.05, 0) is 54.2 Å². The second-order valence-corrected chi connectivity index (χ2v) is 7.47. The quantitative estimate of drug-likeness (QED) is 0.591. The zero-order chi connectivity index (χ0) is 21.0. The van der Waals surface area contributed by atoms with E-state index in [1.807, 2.05) is 30.3 Å². The number of aryl methyl sites for hydroxylation is 2. The SMILES string of the molecule is Cc1cc(OCC2=C(Cc3ccccc3)CC(F)(F)C2)c(F)cc1CCC(=O)O. The van der Waals surface area contributed by atoms with Gasteiger partial charge in [0.15, 0.2) is 11.6 Å². The molecule has 2 aromatic rings. The number of carbonyl (C=O) groups is 1. The summed E-state index contributed by atoms with van der Waals surface area (Å²) in [6, 6.07) is 12.1. The number of carboxylic acid groups (broad SMARTS) is 1. The number of alkyl halides is 2. The highest BCUT2D eigenvalue weighted by molar-refractivity contribution is 5.67. The van der Waals surface area contributed by atoms with Crippen LogP contribution in [0, 0.1) is 12.7 Å². The molecule has 3 rings (SSSR count). The second-order valence-electron chi connectivity index (χ2n) is 7.47. The van der Waals surface area contributed by atoms with E-state index in [0.29, 0.717) is 28.7 Å². The minimum Gasteiger partial charge on any atom is -0.486 e. The number of rotatable bonds is 8. The molecule has 3 nitrogen and oxygen atoms in total. The Morgan fingerprint density at radius 1 is 1.14 bits per heavy atom. The van der Waals surface area contributed by atoms with Crippen molar-refractivity contribution in [2.75, 3.05) is 6.61 Å². The van der Waals surface area contributed by atoms with Gasteiger partial charge in [-0.3, -0.25) is 4.79 Å². The lowest BCUT2D eigenvalue weighted by Gasteiger charge is -2.13. The highest BCUT2D eigenvalue weighted by atomic mass is 19.3. The molecule has 0 unspecified atom stereocenters. The molecule has 154 valence electrons. The van der Waals surface area contributed by atoms with E-state index in [1.54, 1.807) is 6.92 Å². The molecule has 0 atom stereocenters. The Balaban J connectivity index is 1.73. The van der Waals surface area contributed by atoms with Crippen LogP contribution in [-0.2, 0) is 17.6 Å². The molecular weight excluding hydrogens is 381 g/mol. The van der Waals surface area contributed by atoms with Gasteiger partial charge in [-0.15, -0.1) is 0 Å². The van der Waals surface area contributed by atoms with Crippen molar-refractivity contribution in [2.24, 2.45) is 0 Å². The summed E-state index contributed by atoms with van der Waals surface area (Å²) in [4.78, 5) is 10.7. The maximum absolute atomic E-state index is 14.4. The van der Waals surface area contributed by atoms with Crippen molar-refractivity contribution in [1.82, 2.24) is 0 Å². The number of hydrogen-bond donors (Lipinski definition) is 1. The average molecular weight is 404 g/mol. The molecule has 0 saturated heterocycles. The molecule has 2 aromatic carbocycles. The molecule has 0 fully saturated rings. The van der Waals surface area contributed by atoms with Crippen molar-refractivity contribution in [1.29, 1.82) is 0 Å². The Morgan fingerprint density at radius 2 is 1.83 bits per heavy atom. The van der Waals surface area contributed by atoms with Crippen LogP contribution in [0.1, 0.15) is 36.0 Å². The molecule has 29 heavy (non-hydrogen) atoms. The van der Waals surface area contributed by atoms with E-state index in [1.165, 1.54) is 12.1 Å². The summed E-state index contributed by atoms with van der Waals surface area (Å²) in [6.07, 6.45) is -0.143. The van der Waals surface area contributed by atoms with Crippen LogP contribution in [0.25, 0.3) is 0 Å². The molecule has 0 saturated carbocycles. The molecule has 1 N–H and O–H groups in total. The van der Waals surface area contributed by atoms with Crippen molar-refractivity contribution in [3.63, 3.8) is 0 Å². The van der Waals surface area contributed by atoms with E-state index >= 15 is 0 Å². The third-order valence-corrected chi connectivity index (χ3v) is 5.10. The Bertz CT molecular complexity index is 920. The third kappa shape index (κ3) is 5.62. The third-order valence-electron chi connectivity index (χ3n) is 5.10. The van der Waals surface area contributed by atoms with Gasteiger partial charge < -0.3 is 9.84 Å². The van der Waals surface area contributed by atoms with Crippen LogP contribution in [0.15, 0.2) is 53.6 Å². The van der Waals surface area contributed by atoms with Gasteiger partial charge in [-0.1, -0.05) is 35.9 Å². The lowest BCUT2D eigenvalue weighted by molar-refractivity contribution is -0.136. The Labute approximate surface area is 167 Å². The van der Waals surface area contributed by atoms with Crippen LogP contribution < -0.4 is 4.74 Å². The number of allylic oxidation sites excluding steroid dienone is 1. The highest BCUT2D eigenvalue weighted by Gasteiger charge is 2.39. The van der Waals surface area contributed by atoms with E-state index in [2.05, 4.69) is 0 Å². The topological polar surface area (TPSA) is 46.5 Å². The Kier molecular flexibility index (Phi) is 6.30. The number of halogens is 3. The summed E-state index contributed by atoms with van der Waals surface area (Å²) in [6.45, 7) is 1.65. The van der Waals surface area contributed by atoms with Crippen LogP contribution in [0.3, 0.4) is 0 Å². The molecule has 1 aliphatic rings. The first-order chi connectivity index (χ1) is 13.7. The van der Waals surface area contributed by atoms with Crippen molar-refractivity contribution in [2.45, 2.75) is 45.0 Å². The van der Waals surface area contributed by atoms with Crippen molar-refractivity contribution < 1.29 is 27.8 Å². The van der Waals surface area contributed by atoms with Gasteiger partial charge in [0.05, 0.1) is 0 Å². The number of ether oxygens (including phenoxy) is 1. The van der Waals surface area contributed by atoms with E-state index in [0.717, 1.165) is 5.56 Å². The normalized spacial score (nSPS) is 15.6. The highest BCUT2D eigenvalue weighted by Crippen LogP contribution is 2.41. The predicted molar refractivity (Wildman–Crippen MR) is 104 cm³/mol. The van der Waals surface area contributed by atoms with Gasteiger partial charge >= 0.3 is 5.97 Å².